The maximum Gasteiger partial charge on any atom is 0.460 e. The van der Waals surface area contributed by atoms with Gasteiger partial charge in [-0.2, -0.15) is 39.5 Å². The van der Waals surface area contributed by atoms with Crippen molar-refractivity contribution in [3.63, 3.8) is 0 Å². The molecule has 2 rings (SSSR count). The number of hydrogen-bond acceptors (Lipinski definition) is 2. The van der Waals surface area contributed by atoms with Gasteiger partial charge in [-0.15, -0.1) is 0 Å². The molecule has 0 amide bonds. The SMILES string of the molecule is O=c1cc(C(F)(F)C(F)(F)C(F)(F)C(F)(F)F)oc2ccc(Cl)cc12. The predicted octanol–water partition coefficient (Wildman–Crippen LogP) is 5.37. The van der Waals surface area contributed by atoms with Crippen molar-refractivity contribution in [3.05, 3.63) is 45.3 Å². The van der Waals surface area contributed by atoms with Crippen LogP contribution in [-0.4, -0.2) is 18.0 Å². The zero-order valence-corrected chi connectivity index (χ0v) is 12.2. The molecule has 1 aromatic carbocycles. The third-order valence-corrected chi connectivity index (χ3v) is 3.38. The summed E-state index contributed by atoms with van der Waals surface area (Å²) in [6.45, 7) is 0. The van der Waals surface area contributed by atoms with Crippen molar-refractivity contribution in [1.29, 1.82) is 0 Å². The molecule has 0 aliphatic heterocycles. The lowest BCUT2D eigenvalue weighted by Crippen LogP contribution is -2.59. The molecule has 0 radical (unpaired) electrons. The minimum absolute atomic E-state index is 0.0618. The average Bonchev–Trinajstić information content (AvgIpc) is 2.46. The minimum atomic E-state index is -7.09. The lowest BCUT2D eigenvalue weighted by Gasteiger charge is -2.32. The van der Waals surface area contributed by atoms with Crippen LogP contribution in [0.3, 0.4) is 0 Å². The highest BCUT2D eigenvalue weighted by Gasteiger charge is 2.82. The molecule has 0 saturated heterocycles. The highest BCUT2D eigenvalue weighted by Crippen LogP contribution is 2.56. The molecule has 0 spiro atoms. The van der Waals surface area contributed by atoms with Gasteiger partial charge in [-0.1, -0.05) is 11.6 Å². The first kappa shape index (κ1) is 19.4. The molecule has 2 nitrogen and oxygen atoms in total. The zero-order valence-electron chi connectivity index (χ0n) is 11.4. The quantitative estimate of drug-likeness (QED) is 0.651. The molecule has 0 aliphatic carbocycles. The normalized spacial score (nSPS) is 14.2. The summed E-state index contributed by atoms with van der Waals surface area (Å²) < 4.78 is 120. The second-order valence-electron chi connectivity index (χ2n) is 4.84. The van der Waals surface area contributed by atoms with Crippen LogP contribution in [0.2, 0.25) is 5.02 Å². The monoisotopic (exact) mass is 398 g/mol. The molecule has 0 bridgehead atoms. The molecule has 1 heterocycles. The predicted molar refractivity (Wildman–Crippen MR) is 67.3 cm³/mol. The van der Waals surface area contributed by atoms with Gasteiger partial charge in [0, 0.05) is 11.1 Å². The molecule has 0 saturated carbocycles. The average molecular weight is 399 g/mol. The first-order valence-electron chi connectivity index (χ1n) is 6.07. The Balaban J connectivity index is 2.69. The van der Waals surface area contributed by atoms with Crippen LogP contribution in [0.15, 0.2) is 33.5 Å². The summed E-state index contributed by atoms with van der Waals surface area (Å²) in [7, 11) is 0. The maximum atomic E-state index is 13.8. The Labute approximate surface area is 136 Å². The first-order chi connectivity index (χ1) is 11.1. The van der Waals surface area contributed by atoms with Crippen molar-refractivity contribution < 1.29 is 43.9 Å². The van der Waals surface area contributed by atoms with Crippen LogP contribution in [0.4, 0.5) is 39.5 Å². The fourth-order valence-corrected chi connectivity index (χ4v) is 1.99. The van der Waals surface area contributed by atoms with Crippen LogP contribution >= 0.6 is 11.6 Å². The lowest BCUT2D eigenvalue weighted by molar-refractivity contribution is -0.401. The molecule has 0 atom stereocenters. The molecule has 0 N–H and O–H groups in total. The number of rotatable bonds is 3. The summed E-state index contributed by atoms with van der Waals surface area (Å²) in [6, 6.07) is 2.40. The molecular formula is C13H4ClF9O2. The van der Waals surface area contributed by atoms with Gasteiger partial charge in [0.15, 0.2) is 11.2 Å². The number of fused-ring (bicyclic) bond motifs is 1. The van der Waals surface area contributed by atoms with E-state index >= 15 is 0 Å². The highest BCUT2D eigenvalue weighted by atomic mass is 35.5. The van der Waals surface area contributed by atoms with E-state index in [4.69, 9.17) is 11.6 Å². The third-order valence-electron chi connectivity index (χ3n) is 3.14. The van der Waals surface area contributed by atoms with E-state index in [1.165, 1.54) is 0 Å². The molecule has 2 aromatic rings. The molecular weight excluding hydrogens is 395 g/mol. The topological polar surface area (TPSA) is 30.2 Å². The zero-order chi connectivity index (χ0) is 19.4. The Morgan fingerprint density at radius 1 is 0.840 bits per heavy atom. The van der Waals surface area contributed by atoms with E-state index in [0.717, 1.165) is 18.2 Å². The number of hydrogen-bond donors (Lipinski definition) is 0. The van der Waals surface area contributed by atoms with E-state index in [2.05, 4.69) is 4.42 Å². The molecule has 25 heavy (non-hydrogen) atoms. The highest BCUT2D eigenvalue weighted by molar-refractivity contribution is 6.31. The van der Waals surface area contributed by atoms with E-state index in [9.17, 15) is 44.3 Å². The molecule has 0 aliphatic rings. The summed E-state index contributed by atoms with van der Waals surface area (Å²) in [5.74, 6) is -22.5. The van der Waals surface area contributed by atoms with E-state index in [0.29, 0.717) is 0 Å². The van der Waals surface area contributed by atoms with Crippen LogP contribution in [0.5, 0.6) is 0 Å². The Morgan fingerprint density at radius 3 is 1.92 bits per heavy atom. The summed E-state index contributed by atoms with van der Waals surface area (Å²) in [5, 5.41) is -0.522. The Bertz CT molecular complexity index is 870. The van der Waals surface area contributed by atoms with E-state index in [1.807, 2.05) is 0 Å². The van der Waals surface area contributed by atoms with E-state index in [-0.39, 0.29) is 11.1 Å². The number of benzene rings is 1. The first-order valence-corrected chi connectivity index (χ1v) is 6.45. The van der Waals surface area contributed by atoms with E-state index in [1.54, 1.807) is 0 Å². The molecule has 138 valence electrons. The Hall–Kier alpha value is -1.91. The van der Waals surface area contributed by atoms with Crippen LogP contribution in [0, 0.1) is 0 Å². The van der Waals surface area contributed by atoms with Gasteiger partial charge >= 0.3 is 23.9 Å². The van der Waals surface area contributed by atoms with Crippen LogP contribution < -0.4 is 5.43 Å². The van der Waals surface area contributed by atoms with Crippen molar-refractivity contribution in [2.24, 2.45) is 0 Å². The van der Waals surface area contributed by atoms with Gasteiger partial charge in [-0.25, -0.2) is 0 Å². The fourth-order valence-electron chi connectivity index (χ4n) is 1.81. The van der Waals surface area contributed by atoms with Crippen LogP contribution in [-0.2, 0) is 5.92 Å². The Morgan fingerprint density at radius 2 is 1.40 bits per heavy atom. The summed E-state index contributed by atoms with van der Waals surface area (Å²) >= 11 is 5.53. The number of halogens is 10. The van der Waals surface area contributed by atoms with Crippen molar-refractivity contribution in [2.45, 2.75) is 23.9 Å². The van der Waals surface area contributed by atoms with Crippen molar-refractivity contribution in [1.82, 2.24) is 0 Å². The van der Waals surface area contributed by atoms with Gasteiger partial charge in [0.25, 0.3) is 0 Å². The minimum Gasteiger partial charge on any atom is -0.454 e. The summed E-state index contributed by atoms with van der Waals surface area (Å²) in [6.07, 6.45) is -6.97. The Kier molecular flexibility index (Phi) is 4.31. The van der Waals surface area contributed by atoms with Gasteiger partial charge in [-0.3, -0.25) is 4.79 Å². The van der Waals surface area contributed by atoms with Crippen LogP contribution in [0.25, 0.3) is 11.0 Å². The molecule has 12 heteroatoms. The van der Waals surface area contributed by atoms with Gasteiger partial charge in [0.05, 0.1) is 5.39 Å². The standard InChI is InChI=1S/C13H4ClF9O2/c14-5-1-2-8-6(3-5)7(24)4-9(25-8)10(15,16)11(17,18)12(19,20)13(21,22)23/h1-4H. The smallest absolute Gasteiger partial charge is 0.454 e. The third kappa shape index (κ3) is 2.83. The lowest BCUT2D eigenvalue weighted by atomic mass is 10.0. The van der Waals surface area contributed by atoms with Gasteiger partial charge in [-0.05, 0) is 18.2 Å². The summed E-state index contributed by atoms with van der Waals surface area (Å²) in [4.78, 5) is 11.7. The van der Waals surface area contributed by atoms with Crippen molar-refractivity contribution in [2.75, 3.05) is 0 Å². The maximum absolute atomic E-state index is 13.8. The summed E-state index contributed by atoms with van der Waals surface area (Å²) in [5.41, 5.74) is -2.14. The van der Waals surface area contributed by atoms with Crippen LogP contribution in [0.1, 0.15) is 5.76 Å². The van der Waals surface area contributed by atoms with Crippen molar-refractivity contribution in [3.8, 4) is 0 Å². The molecule has 0 fully saturated rings. The van der Waals surface area contributed by atoms with Gasteiger partial charge in [0.2, 0.25) is 0 Å². The molecule has 1 aromatic heterocycles. The fraction of sp³-hybridized carbons (Fsp3) is 0.308. The van der Waals surface area contributed by atoms with Gasteiger partial charge in [0.1, 0.15) is 5.58 Å². The van der Waals surface area contributed by atoms with Gasteiger partial charge < -0.3 is 4.42 Å². The van der Waals surface area contributed by atoms with E-state index < -0.39 is 46.1 Å². The second-order valence-corrected chi connectivity index (χ2v) is 5.27. The van der Waals surface area contributed by atoms with Crippen molar-refractivity contribution >= 4 is 22.6 Å². The second kappa shape index (κ2) is 5.55. The largest absolute Gasteiger partial charge is 0.460 e. The molecule has 0 unspecified atom stereocenters. The number of alkyl halides is 9.